The number of hydrogen-bond acceptors (Lipinski definition) is 4. The van der Waals surface area contributed by atoms with E-state index < -0.39 is 10.0 Å². The van der Waals surface area contributed by atoms with Crippen LogP contribution >= 0.6 is 12.2 Å². The number of nitrogens with one attached hydrogen (secondary N) is 1. The van der Waals surface area contributed by atoms with Crippen LogP contribution < -0.4 is 4.74 Å². The highest BCUT2D eigenvalue weighted by atomic mass is 32.2. The van der Waals surface area contributed by atoms with Crippen molar-refractivity contribution < 1.29 is 13.2 Å². The average Bonchev–Trinajstić information content (AvgIpc) is 2.83. The second-order valence-corrected chi connectivity index (χ2v) is 6.57. The van der Waals surface area contributed by atoms with E-state index in [-0.39, 0.29) is 9.67 Å². The van der Waals surface area contributed by atoms with Crippen LogP contribution in [0.2, 0.25) is 0 Å². The van der Waals surface area contributed by atoms with Gasteiger partial charge in [-0.2, -0.15) is 0 Å². The van der Waals surface area contributed by atoms with Crippen molar-refractivity contribution in [2.24, 2.45) is 0 Å². The Kier molecular flexibility index (Phi) is 3.30. The van der Waals surface area contributed by atoms with Gasteiger partial charge >= 0.3 is 0 Å². The molecule has 0 fully saturated rings. The van der Waals surface area contributed by atoms with E-state index in [0.717, 1.165) is 3.97 Å². The molecule has 0 saturated heterocycles. The fraction of sp³-hybridized carbons (Fsp3) is 0.0714. The molecule has 0 aliphatic carbocycles. The molecule has 7 heteroatoms. The van der Waals surface area contributed by atoms with Crippen LogP contribution in [0, 0.1) is 4.77 Å². The Hall–Kier alpha value is -2.12. The zero-order valence-electron chi connectivity index (χ0n) is 11.1. The molecule has 0 spiro atoms. The number of rotatable bonds is 3. The van der Waals surface area contributed by atoms with Crippen LogP contribution in [0.25, 0.3) is 11.0 Å². The molecule has 1 N–H and O–H groups in total. The number of aromatic amines is 1. The van der Waals surface area contributed by atoms with Gasteiger partial charge in [-0.05, 0) is 36.5 Å². The third-order valence-corrected chi connectivity index (χ3v) is 5.26. The molecule has 0 amide bonds. The molecule has 1 aromatic heterocycles. The zero-order valence-corrected chi connectivity index (χ0v) is 12.7. The van der Waals surface area contributed by atoms with Crippen LogP contribution in [-0.4, -0.2) is 24.5 Å². The number of H-pyrrole nitrogens is 1. The molecule has 0 atom stereocenters. The maximum absolute atomic E-state index is 12.7. The van der Waals surface area contributed by atoms with Crippen molar-refractivity contribution in [1.29, 1.82) is 0 Å². The van der Waals surface area contributed by atoms with Gasteiger partial charge in [-0.3, -0.25) is 0 Å². The van der Waals surface area contributed by atoms with Crippen LogP contribution in [0.1, 0.15) is 0 Å². The van der Waals surface area contributed by atoms with Crippen LogP contribution in [0.5, 0.6) is 5.75 Å². The Labute approximate surface area is 126 Å². The zero-order chi connectivity index (χ0) is 15.0. The highest BCUT2D eigenvalue weighted by molar-refractivity contribution is 7.90. The molecule has 108 valence electrons. The van der Waals surface area contributed by atoms with Gasteiger partial charge in [0.25, 0.3) is 10.0 Å². The van der Waals surface area contributed by atoms with Crippen molar-refractivity contribution in [1.82, 2.24) is 8.96 Å². The summed E-state index contributed by atoms with van der Waals surface area (Å²) in [6.45, 7) is 0. The second-order valence-electron chi connectivity index (χ2n) is 4.40. The Balaban J connectivity index is 2.31. The van der Waals surface area contributed by atoms with E-state index in [9.17, 15) is 8.42 Å². The lowest BCUT2D eigenvalue weighted by atomic mass is 10.3. The Morgan fingerprint density at radius 1 is 1.14 bits per heavy atom. The minimum Gasteiger partial charge on any atom is -0.497 e. The normalized spacial score (nSPS) is 11.7. The molecule has 5 nitrogen and oxygen atoms in total. The predicted octanol–water partition coefficient (Wildman–Crippen LogP) is 2.94. The van der Waals surface area contributed by atoms with Gasteiger partial charge in [-0.1, -0.05) is 18.2 Å². The fourth-order valence-electron chi connectivity index (χ4n) is 2.13. The number of imidazole rings is 1. The van der Waals surface area contributed by atoms with Crippen molar-refractivity contribution in [3.05, 3.63) is 53.3 Å². The van der Waals surface area contributed by atoms with Crippen molar-refractivity contribution in [3.8, 4) is 5.75 Å². The summed E-state index contributed by atoms with van der Waals surface area (Å²) in [5, 5.41) is 0. The summed E-state index contributed by atoms with van der Waals surface area (Å²) in [6, 6.07) is 13.3. The molecule has 0 radical (unpaired) electrons. The van der Waals surface area contributed by atoms with Gasteiger partial charge in [0.15, 0.2) is 4.77 Å². The van der Waals surface area contributed by atoms with Gasteiger partial charge in [0, 0.05) is 6.07 Å². The van der Waals surface area contributed by atoms with Crippen molar-refractivity contribution in [3.63, 3.8) is 0 Å². The summed E-state index contributed by atoms with van der Waals surface area (Å²) in [5.74, 6) is 0.628. The first-order valence-electron chi connectivity index (χ1n) is 6.13. The van der Waals surface area contributed by atoms with Gasteiger partial charge < -0.3 is 9.72 Å². The number of ether oxygens (including phenoxy) is 1. The van der Waals surface area contributed by atoms with Gasteiger partial charge in [-0.15, -0.1) is 0 Å². The fourth-order valence-corrected chi connectivity index (χ4v) is 4.03. The third-order valence-electron chi connectivity index (χ3n) is 3.13. The third kappa shape index (κ3) is 2.24. The summed E-state index contributed by atoms with van der Waals surface area (Å²) in [5.41, 5.74) is 1.10. The smallest absolute Gasteiger partial charge is 0.270 e. The molecule has 0 aliphatic rings. The molecule has 3 rings (SSSR count). The maximum Gasteiger partial charge on any atom is 0.270 e. The highest BCUT2D eigenvalue weighted by Crippen LogP contribution is 2.24. The number of aromatic nitrogens is 2. The molecule has 0 aliphatic heterocycles. The minimum atomic E-state index is -3.73. The maximum atomic E-state index is 12.7. The molecule has 0 saturated carbocycles. The van der Waals surface area contributed by atoms with Gasteiger partial charge in [0.05, 0.1) is 23.0 Å². The van der Waals surface area contributed by atoms with Gasteiger partial charge in [-0.25, -0.2) is 12.4 Å². The standard InChI is InChI=1S/C14H12N2O3S2/c1-19-10-7-8-13-12(9-10)15-14(20)16(13)21(17,18)11-5-3-2-4-6-11/h2-9H,1H3,(H,15,20). The Morgan fingerprint density at radius 3 is 2.52 bits per heavy atom. The van der Waals surface area contributed by atoms with Crippen LogP contribution in [0.4, 0.5) is 0 Å². The van der Waals surface area contributed by atoms with Gasteiger partial charge in [0.2, 0.25) is 0 Å². The molecule has 0 bridgehead atoms. The Morgan fingerprint density at radius 2 is 1.86 bits per heavy atom. The largest absolute Gasteiger partial charge is 0.497 e. The van der Waals surface area contributed by atoms with Crippen molar-refractivity contribution in [2.45, 2.75) is 4.90 Å². The number of benzene rings is 2. The number of fused-ring (bicyclic) bond motifs is 1. The van der Waals surface area contributed by atoms with E-state index in [4.69, 9.17) is 17.0 Å². The molecule has 2 aromatic carbocycles. The van der Waals surface area contributed by atoms with Crippen molar-refractivity contribution in [2.75, 3.05) is 7.11 Å². The quantitative estimate of drug-likeness (QED) is 0.754. The lowest BCUT2D eigenvalue weighted by Gasteiger charge is -2.07. The SMILES string of the molecule is COc1ccc2c(c1)[nH]c(=S)n2S(=O)(=O)c1ccccc1. The minimum absolute atomic E-state index is 0.127. The monoisotopic (exact) mass is 320 g/mol. The highest BCUT2D eigenvalue weighted by Gasteiger charge is 2.20. The predicted molar refractivity (Wildman–Crippen MR) is 82.7 cm³/mol. The second kappa shape index (κ2) is 5.01. The number of hydrogen-bond donors (Lipinski definition) is 1. The topological polar surface area (TPSA) is 64.1 Å². The van der Waals surface area contributed by atoms with Crippen LogP contribution in [-0.2, 0) is 10.0 Å². The summed E-state index contributed by atoms with van der Waals surface area (Å²) in [4.78, 5) is 3.09. The lowest BCUT2D eigenvalue weighted by Crippen LogP contribution is -2.12. The first-order valence-corrected chi connectivity index (χ1v) is 7.98. The first kappa shape index (κ1) is 13.8. The summed E-state index contributed by atoms with van der Waals surface area (Å²) in [7, 11) is -2.18. The van der Waals surface area contributed by atoms with E-state index in [0.29, 0.717) is 16.8 Å². The molecule has 21 heavy (non-hydrogen) atoms. The lowest BCUT2D eigenvalue weighted by molar-refractivity contribution is 0.415. The van der Waals surface area contributed by atoms with E-state index in [1.807, 2.05) is 0 Å². The molecule has 1 heterocycles. The van der Waals surface area contributed by atoms with E-state index in [2.05, 4.69) is 4.98 Å². The molecule has 3 aromatic rings. The number of methoxy groups -OCH3 is 1. The van der Waals surface area contributed by atoms with Gasteiger partial charge in [0.1, 0.15) is 5.75 Å². The van der Waals surface area contributed by atoms with E-state index in [1.165, 1.54) is 0 Å². The molecule has 0 unspecified atom stereocenters. The average molecular weight is 320 g/mol. The van der Waals surface area contributed by atoms with E-state index >= 15 is 0 Å². The van der Waals surface area contributed by atoms with E-state index in [1.54, 1.807) is 55.6 Å². The molecular formula is C14H12N2O3S2. The summed E-state index contributed by atoms with van der Waals surface area (Å²) >= 11 is 5.17. The summed E-state index contributed by atoms with van der Waals surface area (Å²) < 4.78 is 31.8. The summed E-state index contributed by atoms with van der Waals surface area (Å²) in [6.07, 6.45) is 0. The molecular weight excluding hydrogens is 308 g/mol. The Bertz CT molecular complexity index is 957. The van der Waals surface area contributed by atoms with Crippen LogP contribution in [0.15, 0.2) is 53.4 Å². The number of nitrogens with zero attached hydrogens (tertiary/aromatic N) is 1. The first-order chi connectivity index (χ1) is 10.0. The van der Waals surface area contributed by atoms with Crippen LogP contribution in [0.3, 0.4) is 0 Å². The van der Waals surface area contributed by atoms with Crippen molar-refractivity contribution >= 4 is 33.3 Å².